The van der Waals surface area contributed by atoms with E-state index in [0.717, 1.165) is 17.7 Å². The maximum absolute atomic E-state index is 11.8. The lowest BCUT2D eigenvalue weighted by Gasteiger charge is -2.14. The van der Waals surface area contributed by atoms with Crippen molar-refractivity contribution in [1.82, 2.24) is 0 Å². The van der Waals surface area contributed by atoms with E-state index in [1.807, 2.05) is 30.3 Å². The molecular weight excluding hydrogens is 268 g/mol. The van der Waals surface area contributed by atoms with Gasteiger partial charge in [-0.2, -0.15) is 0 Å². The average Bonchev–Trinajstić information content (AvgIpc) is 2.49. The summed E-state index contributed by atoms with van der Waals surface area (Å²) < 4.78 is 4.92. The smallest absolute Gasteiger partial charge is 0.319 e. The zero-order valence-corrected chi connectivity index (χ0v) is 13.5. The first-order chi connectivity index (χ1) is 9.77. The summed E-state index contributed by atoms with van der Waals surface area (Å²) in [6.07, 6.45) is 8.39. The van der Waals surface area contributed by atoms with Crippen molar-refractivity contribution in [2.24, 2.45) is 0 Å². The number of esters is 1. The van der Waals surface area contributed by atoms with Crippen LogP contribution in [-0.2, 0) is 9.53 Å². The molecule has 1 unspecified atom stereocenters. The standard InChI is InChI=1S/C17H26O2S/c1-3-4-5-6-7-11-14-16(17(18)19-2)20-15-12-9-8-10-13-15/h8-10,12-13,16H,3-7,11,14H2,1-2H3. The summed E-state index contributed by atoms with van der Waals surface area (Å²) in [4.78, 5) is 13.0. The third kappa shape index (κ3) is 6.99. The van der Waals surface area contributed by atoms with E-state index >= 15 is 0 Å². The molecule has 0 saturated heterocycles. The molecule has 3 heteroatoms. The highest BCUT2D eigenvalue weighted by atomic mass is 32.2. The molecule has 2 nitrogen and oxygen atoms in total. The number of ether oxygens (including phenoxy) is 1. The van der Waals surface area contributed by atoms with Crippen LogP contribution in [0.3, 0.4) is 0 Å². The minimum atomic E-state index is -0.104. The molecule has 0 aliphatic carbocycles. The molecular formula is C17H26O2S. The van der Waals surface area contributed by atoms with Crippen molar-refractivity contribution in [1.29, 1.82) is 0 Å². The molecule has 0 heterocycles. The van der Waals surface area contributed by atoms with Gasteiger partial charge in [0.1, 0.15) is 5.25 Å². The number of unbranched alkanes of at least 4 members (excludes halogenated alkanes) is 5. The van der Waals surface area contributed by atoms with Crippen LogP contribution < -0.4 is 0 Å². The van der Waals surface area contributed by atoms with Crippen molar-refractivity contribution >= 4 is 17.7 Å². The van der Waals surface area contributed by atoms with Crippen LogP contribution >= 0.6 is 11.8 Å². The fourth-order valence-corrected chi connectivity index (χ4v) is 3.25. The first-order valence-electron chi connectivity index (χ1n) is 7.57. The first-order valence-corrected chi connectivity index (χ1v) is 8.45. The van der Waals surface area contributed by atoms with E-state index in [9.17, 15) is 4.79 Å². The van der Waals surface area contributed by atoms with Crippen molar-refractivity contribution < 1.29 is 9.53 Å². The van der Waals surface area contributed by atoms with Crippen LogP contribution in [0.4, 0.5) is 0 Å². The Labute approximate surface area is 127 Å². The molecule has 20 heavy (non-hydrogen) atoms. The summed E-state index contributed by atoms with van der Waals surface area (Å²) in [6.45, 7) is 2.23. The van der Waals surface area contributed by atoms with Crippen LogP contribution in [0.1, 0.15) is 51.9 Å². The number of rotatable bonds is 10. The number of methoxy groups -OCH3 is 1. The van der Waals surface area contributed by atoms with Crippen molar-refractivity contribution in [3.05, 3.63) is 30.3 Å². The maximum atomic E-state index is 11.8. The average molecular weight is 294 g/mol. The normalized spacial score (nSPS) is 12.1. The molecule has 0 aromatic heterocycles. The molecule has 112 valence electrons. The lowest BCUT2D eigenvalue weighted by molar-refractivity contribution is -0.140. The number of carbonyl (C=O) groups excluding carboxylic acids is 1. The third-order valence-corrected chi connectivity index (χ3v) is 4.56. The van der Waals surface area contributed by atoms with E-state index in [1.54, 1.807) is 11.8 Å². The summed E-state index contributed by atoms with van der Waals surface area (Å²) in [6, 6.07) is 10.1. The third-order valence-electron chi connectivity index (χ3n) is 3.31. The molecule has 0 spiro atoms. The van der Waals surface area contributed by atoms with Gasteiger partial charge in [-0.25, -0.2) is 0 Å². The molecule has 0 saturated carbocycles. The van der Waals surface area contributed by atoms with Gasteiger partial charge in [-0.1, -0.05) is 63.6 Å². The Balaban J connectivity index is 2.35. The SMILES string of the molecule is CCCCCCCCC(Sc1ccccc1)C(=O)OC. The molecule has 0 radical (unpaired) electrons. The van der Waals surface area contributed by atoms with Gasteiger partial charge >= 0.3 is 5.97 Å². The Bertz CT molecular complexity index is 365. The van der Waals surface area contributed by atoms with E-state index in [1.165, 1.54) is 39.2 Å². The molecule has 0 amide bonds. The molecule has 0 fully saturated rings. The van der Waals surface area contributed by atoms with E-state index < -0.39 is 0 Å². The fraction of sp³-hybridized carbons (Fsp3) is 0.588. The molecule has 0 aliphatic heterocycles. The quantitative estimate of drug-likeness (QED) is 0.342. The predicted octanol–water partition coefficient (Wildman–Crippen LogP) is 5.07. The fourth-order valence-electron chi connectivity index (χ4n) is 2.13. The molecule has 1 aromatic rings. The van der Waals surface area contributed by atoms with E-state index in [0.29, 0.717) is 0 Å². The lowest BCUT2D eigenvalue weighted by Crippen LogP contribution is -2.18. The van der Waals surface area contributed by atoms with Gasteiger partial charge in [0.15, 0.2) is 0 Å². The van der Waals surface area contributed by atoms with Crippen molar-refractivity contribution in [2.75, 3.05) is 7.11 Å². The topological polar surface area (TPSA) is 26.3 Å². The van der Waals surface area contributed by atoms with Crippen LogP contribution in [0.5, 0.6) is 0 Å². The first kappa shape index (κ1) is 17.1. The summed E-state index contributed by atoms with van der Waals surface area (Å²) in [7, 11) is 1.47. The van der Waals surface area contributed by atoms with Gasteiger partial charge in [0.05, 0.1) is 7.11 Å². The Morgan fingerprint density at radius 1 is 1.10 bits per heavy atom. The zero-order valence-electron chi connectivity index (χ0n) is 12.6. The monoisotopic (exact) mass is 294 g/mol. The Hall–Kier alpha value is -0.960. The highest BCUT2D eigenvalue weighted by molar-refractivity contribution is 8.00. The van der Waals surface area contributed by atoms with Gasteiger partial charge in [-0.15, -0.1) is 11.8 Å². The number of carbonyl (C=O) groups is 1. The Morgan fingerprint density at radius 2 is 1.75 bits per heavy atom. The minimum absolute atomic E-state index is 0.0754. The van der Waals surface area contributed by atoms with Gasteiger partial charge in [-0.3, -0.25) is 4.79 Å². The van der Waals surface area contributed by atoms with Gasteiger partial charge in [-0.05, 0) is 18.6 Å². The minimum Gasteiger partial charge on any atom is -0.468 e. The van der Waals surface area contributed by atoms with Gasteiger partial charge in [0, 0.05) is 4.90 Å². The number of hydrogen-bond acceptors (Lipinski definition) is 3. The summed E-state index contributed by atoms with van der Waals surface area (Å²) in [5, 5.41) is -0.0754. The molecule has 0 aliphatic rings. The maximum Gasteiger partial charge on any atom is 0.319 e. The highest BCUT2D eigenvalue weighted by Gasteiger charge is 2.19. The second kappa shape index (κ2) is 10.8. The van der Waals surface area contributed by atoms with Crippen LogP contribution in [0, 0.1) is 0 Å². The summed E-state index contributed by atoms with van der Waals surface area (Å²) in [5.74, 6) is -0.104. The second-order valence-corrected chi connectivity index (χ2v) is 6.28. The molecule has 0 N–H and O–H groups in total. The predicted molar refractivity (Wildman–Crippen MR) is 86.1 cm³/mol. The van der Waals surface area contributed by atoms with Crippen molar-refractivity contribution in [3.63, 3.8) is 0 Å². The van der Waals surface area contributed by atoms with E-state index in [4.69, 9.17) is 4.74 Å². The number of thioether (sulfide) groups is 1. The number of benzene rings is 1. The lowest BCUT2D eigenvalue weighted by atomic mass is 10.1. The van der Waals surface area contributed by atoms with Crippen LogP contribution in [-0.4, -0.2) is 18.3 Å². The van der Waals surface area contributed by atoms with Crippen molar-refractivity contribution in [2.45, 2.75) is 62.0 Å². The van der Waals surface area contributed by atoms with E-state index in [2.05, 4.69) is 6.92 Å². The van der Waals surface area contributed by atoms with Crippen LogP contribution in [0.15, 0.2) is 35.2 Å². The Kier molecular flexibility index (Phi) is 9.22. The largest absolute Gasteiger partial charge is 0.468 e. The second-order valence-electron chi connectivity index (χ2n) is 5.00. The molecule has 1 atom stereocenters. The van der Waals surface area contributed by atoms with E-state index in [-0.39, 0.29) is 11.2 Å². The zero-order chi connectivity index (χ0) is 14.6. The van der Waals surface area contributed by atoms with Gasteiger partial charge < -0.3 is 4.74 Å². The molecule has 1 rings (SSSR count). The van der Waals surface area contributed by atoms with Crippen molar-refractivity contribution in [3.8, 4) is 0 Å². The summed E-state index contributed by atoms with van der Waals surface area (Å²) in [5.41, 5.74) is 0. The summed E-state index contributed by atoms with van der Waals surface area (Å²) >= 11 is 1.62. The van der Waals surface area contributed by atoms with Crippen LogP contribution in [0.2, 0.25) is 0 Å². The molecule has 1 aromatic carbocycles. The number of hydrogen-bond donors (Lipinski definition) is 0. The highest BCUT2D eigenvalue weighted by Crippen LogP contribution is 2.27. The molecule has 0 bridgehead atoms. The Morgan fingerprint density at radius 3 is 2.40 bits per heavy atom. The van der Waals surface area contributed by atoms with Crippen LogP contribution in [0.25, 0.3) is 0 Å². The van der Waals surface area contributed by atoms with Gasteiger partial charge in [0.2, 0.25) is 0 Å². The van der Waals surface area contributed by atoms with Gasteiger partial charge in [0.25, 0.3) is 0 Å².